The molecule has 6 rings (SSSR count). The summed E-state index contributed by atoms with van der Waals surface area (Å²) in [5.74, 6) is 2.63. The summed E-state index contributed by atoms with van der Waals surface area (Å²) in [5.41, 5.74) is 1.53. The number of rotatable bonds is 2. The quantitative estimate of drug-likeness (QED) is 0.658. The van der Waals surface area contributed by atoms with Crippen LogP contribution in [-0.2, 0) is 0 Å². The second-order valence-electron chi connectivity index (χ2n) is 12.9. The average molecular weight is 471 g/mol. The van der Waals surface area contributed by atoms with Crippen LogP contribution >= 0.6 is 0 Å². The SMILES string of the molecule is C[C@]12C[C@H](N3CCN(c4ccc(F)cc4)CC3)[C@@H](O)C[C@@H]1CC[C@@H]1[C@@H]2CC[C@]2(C)[C@@H](O)CC[C@@H]12. The van der Waals surface area contributed by atoms with Crippen molar-refractivity contribution in [3.63, 3.8) is 0 Å². The first-order valence-electron chi connectivity index (χ1n) is 13.9. The third-order valence-corrected chi connectivity index (χ3v) is 11.6. The molecular formula is C29H43FN2O2. The molecular weight excluding hydrogens is 427 g/mol. The van der Waals surface area contributed by atoms with Crippen LogP contribution in [0.15, 0.2) is 24.3 Å². The summed E-state index contributed by atoms with van der Waals surface area (Å²) in [6, 6.07) is 7.10. The molecule has 5 heteroatoms. The van der Waals surface area contributed by atoms with Crippen LogP contribution in [0.25, 0.3) is 0 Å². The van der Waals surface area contributed by atoms with E-state index in [1.165, 1.54) is 32.1 Å². The van der Waals surface area contributed by atoms with Gasteiger partial charge >= 0.3 is 0 Å². The number of fused-ring (bicyclic) bond motifs is 5. The van der Waals surface area contributed by atoms with Crippen molar-refractivity contribution >= 4 is 5.69 Å². The largest absolute Gasteiger partial charge is 0.393 e. The molecule has 1 heterocycles. The minimum atomic E-state index is -0.228. The zero-order valence-electron chi connectivity index (χ0n) is 21.0. The lowest BCUT2D eigenvalue weighted by molar-refractivity contribution is -0.153. The predicted molar refractivity (Wildman–Crippen MR) is 133 cm³/mol. The molecule has 5 fully saturated rings. The van der Waals surface area contributed by atoms with Gasteiger partial charge in [-0.1, -0.05) is 13.8 Å². The van der Waals surface area contributed by atoms with Gasteiger partial charge in [0.2, 0.25) is 0 Å². The number of aliphatic hydroxyl groups excluding tert-OH is 2. The van der Waals surface area contributed by atoms with Gasteiger partial charge in [0.05, 0.1) is 12.2 Å². The summed E-state index contributed by atoms with van der Waals surface area (Å²) in [4.78, 5) is 4.90. The maximum atomic E-state index is 13.3. The summed E-state index contributed by atoms with van der Waals surface area (Å²) >= 11 is 0. The van der Waals surface area contributed by atoms with Gasteiger partial charge in [-0.3, -0.25) is 4.90 Å². The van der Waals surface area contributed by atoms with Gasteiger partial charge in [-0.05, 0) is 110 Å². The summed E-state index contributed by atoms with van der Waals surface area (Å²) < 4.78 is 13.3. The predicted octanol–water partition coefficient (Wildman–Crippen LogP) is 4.69. The Bertz CT molecular complexity index is 887. The van der Waals surface area contributed by atoms with Crippen molar-refractivity contribution in [1.29, 1.82) is 0 Å². The summed E-state index contributed by atoms with van der Waals surface area (Å²) in [6.07, 6.45) is 8.90. The highest BCUT2D eigenvalue weighted by Crippen LogP contribution is 2.66. The molecule has 5 aliphatic rings. The second-order valence-corrected chi connectivity index (χ2v) is 12.9. The van der Waals surface area contributed by atoms with E-state index in [2.05, 4.69) is 23.6 Å². The molecule has 34 heavy (non-hydrogen) atoms. The van der Waals surface area contributed by atoms with Gasteiger partial charge in [-0.2, -0.15) is 0 Å². The van der Waals surface area contributed by atoms with E-state index < -0.39 is 0 Å². The summed E-state index contributed by atoms with van der Waals surface area (Å²) in [5, 5.41) is 22.1. The molecule has 188 valence electrons. The van der Waals surface area contributed by atoms with E-state index in [0.29, 0.717) is 17.3 Å². The van der Waals surface area contributed by atoms with Crippen LogP contribution in [0.1, 0.15) is 65.2 Å². The number of halogens is 1. The van der Waals surface area contributed by atoms with E-state index in [-0.39, 0.29) is 29.5 Å². The Balaban J connectivity index is 1.17. The highest BCUT2D eigenvalue weighted by molar-refractivity contribution is 5.46. The van der Waals surface area contributed by atoms with Crippen molar-refractivity contribution in [2.24, 2.45) is 34.5 Å². The molecule has 2 N–H and O–H groups in total. The molecule has 0 radical (unpaired) electrons. The standard InChI is InChI=1S/C29H43FN2O2/c1-28-12-11-24-22(23(28)9-10-27(28)34)8-3-19-17-26(33)25(18-29(19,24)2)32-15-13-31(14-16-32)21-6-4-20(30)5-7-21/h4-7,19,22-27,33-34H,3,8-18H2,1-2H3/t19-,22-,23-,24-,25-,26-,27-,28-,29-/m0/s1. The van der Waals surface area contributed by atoms with Crippen molar-refractivity contribution in [1.82, 2.24) is 4.90 Å². The minimum Gasteiger partial charge on any atom is -0.393 e. The second kappa shape index (κ2) is 8.45. The maximum absolute atomic E-state index is 13.3. The van der Waals surface area contributed by atoms with Crippen LogP contribution in [0.5, 0.6) is 0 Å². The fourth-order valence-electron chi connectivity index (χ4n) is 9.58. The number of nitrogens with zero attached hydrogens (tertiary/aromatic N) is 2. The molecule has 1 aromatic carbocycles. The summed E-state index contributed by atoms with van der Waals surface area (Å²) in [6.45, 7) is 8.71. The first-order valence-corrected chi connectivity index (χ1v) is 13.9. The van der Waals surface area contributed by atoms with E-state index in [1.807, 2.05) is 12.1 Å². The molecule has 0 aromatic heterocycles. The zero-order chi connectivity index (χ0) is 23.7. The van der Waals surface area contributed by atoms with Crippen LogP contribution in [0, 0.1) is 40.3 Å². The molecule has 4 saturated carbocycles. The fraction of sp³-hybridized carbons (Fsp3) is 0.793. The molecule has 4 nitrogen and oxygen atoms in total. The lowest BCUT2D eigenvalue weighted by atomic mass is 9.44. The lowest BCUT2D eigenvalue weighted by Gasteiger charge is -2.62. The number of piperazine rings is 1. The van der Waals surface area contributed by atoms with Gasteiger partial charge in [0, 0.05) is 37.9 Å². The number of hydrogen-bond acceptors (Lipinski definition) is 4. The zero-order valence-corrected chi connectivity index (χ0v) is 21.0. The molecule has 0 spiro atoms. The number of aliphatic hydroxyl groups is 2. The Kier molecular flexibility index (Phi) is 5.78. The highest BCUT2D eigenvalue weighted by Gasteiger charge is 2.61. The van der Waals surface area contributed by atoms with Gasteiger partial charge < -0.3 is 15.1 Å². The number of benzene rings is 1. The summed E-state index contributed by atoms with van der Waals surface area (Å²) in [7, 11) is 0. The van der Waals surface area contributed by atoms with E-state index in [0.717, 1.165) is 63.0 Å². The monoisotopic (exact) mass is 470 g/mol. The fourth-order valence-corrected chi connectivity index (χ4v) is 9.58. The van der Waals surface area contributed by atoms with Crippen molar-refractivity contribution in [2.75, 3.05) is 31.1 Å². The Morgan fingerprint density at radius 3 is 2.29 bits per heavy atom. The van der Waals surface area contributed by atoms with E-state index in [9.17, 15) is 14.6 Å². The van der Waals surface area contributed by atoms with Crippen LogP contribution in [0.4, 0.5) is 10.1 Å². The topological polar surface area (TPSA) is 46.9 Å². The molecule has 1 saturated heterocycles. The van der Waals surface area contributed by atoms with Crippen molar-refractivity contribution in [3.05, 3.63) is 30.1 Å². The highest BCUT2D eigenvalue weighted by atomic mass is 19.1. The lowest BCUT2D eigenvalue weighted by Crippen LogP contribution is -2.62. The van der Waals surface area contributed by atoms with Crippen molar-refractivity contribution in [3.8, 4) is 0 Å². The smallest absolute Gasteiger partial charge is 0.123 e. The Hall–Kier alpha value is -1.17. The molecule has 0 amide bonds. The van der Waals surface area contributed by atoms with Gasteiger partial charge in [0.25, 0.3) is 0 Å². The van der Waals surface area contributed by atoms with E-state index in [4.69, 9.17) is 0 Å². The third-order valence-electron chi connectivity index (χ3n) is 11.6. The molecule has 0 unspecified atom stereocenters. The van der Waals surface area contributed by atoms with Crippen LogP contribution in [-0.4, -0.2) is 59.5 Å². The Labute approximate surface area is 204 Å². The van der Waals surface area contributed by atoms with Gasteiger partial charge in [-0.15, -0.1) is 0 Å². The molecule has 9 atom stereocenters. The van der Waals surface area contributed by atoms with Crippen LogP contribution < -0.4 is 4.90 Å². The average Bonchev–Trinajstić information content (AvgIpc) is 3.14. The Morgan fingerprint density at radius 1 is 0.853 bits per heavy atom. The molecule has 0 bridgehead atoms. The van der Waals surface area contributed by atoms with Crippen LogP contribution in [0.2, 0.25) is 0 Å². The number of anilines is 1. The van der Waals surface area contributed by atoms with E-state index >= 15 is 0 Å². The molecule has 4 aliphatic carbocycles. The minimum absolute atomic E-state index is 0.109. The van der Waals surface area contributed by atoms with Gasteiger partial charge in [0.15, 0.2) is 0 Å². The van der Waals surface area contributed by atoms with E-state index in [1.54, 1.807) is 12.1 Å². The molecule has 1 aliphatic heterocycles. The Morgan fingerprint density at radius 2 is 1.56 bits per heavy atom. The normalized spacial score (nSPS) is 47.1. The van der Waals surface area contributed by atoms with Crippen molar-refractivity contribution < 1.29 is 14.6 Å². The first kappa shape index (κ1) is 23.2. The maximum Gasteiger partial charge on any atom is 0.123 e. The van der Waals surface area contributed by atoms with Crippen LogP contribution in [0.3, 0.4) is 0 Å². The third kappa shape index (κ3) is 3.56. The van der Waals surface area contributed by atoms with Gasteiger partial charge in [-0.25, -0.2) is 4.39 Å². The first-order chi connectivity index (χ1) is 16.3. The molecule has 1 aromatic rings. The van der Waals surface area contributed by atoms with Crippen molar-refractivity contribution in [2.45, 2.75) is 83.5 Å². The number of hydrogen-bond donors (Lipinski definition) is 2. The van der Waals surface area contributed by atoms with Gasteiger partial charge in [0.1, 0.15) is 5.82 Å².